The van der Waals surface area contributed by atoms with Crippen LogP contribution >= 0.6 is 21.6 Å². The number of carbonyl (C=O) groups is 2. The van der Waals surface area contributed by atoms with Gasteiger partial charge in [0.2, 0.25) is 0 Å². The van der Waals surface area contributed by atoms with Gasteiger partial charge in [-0.2, -0.15) is 0 Å². The highest BCUT2D eigenvalue weighted by Gasteiger charge is 2.50. The number of nitrogens with zero attached hydrogens (tertiary/aromatic N) is 4. The van der Waals surface area contributed by atoms with Crippen LogP contribution in [-0.2, 0) is 50.7 Å². The van der Waals surface area contributed by atoms with Crippen molar-refractivity contribution in [3.63, 3.8) is 0 Å². The van der Waals surface area contributed by atoms with Crippen molar-refractivity contribution in [2.45, 2.75) is 58.5 Å². The number of aromatic nitrogens is 2. The summed E-state index contributed by atoms with van der Waals surface area (Å²) in [6.07, 6.45) is 0.747. The van der Waals surface area contributed by atoms with E-state index in [4.69, 9.17) is 19.2 Å². The number of aryl methyl sites for hydroxylation is 1. The zero-order valence-corrected chi connectivity index (χ0v) is 33.0. The number of hydrogen-bond acceptors (Lipinski definition) is 13. The number of fused-ring (bicyclic) bond motifs is 5. The van der Waals surface area contributed by atoms with Gasteiger partial charge in [-0.05, 0) is 67.4 Å². The molecule has 4 aromatic rings. The number of aromatic hydroxyl groups is 1. The molecule has 2 atom stereocenters. The summed E-state index contributed by atoms with van der Waals surface area (Å²) < 4.78 is 18.6. The number of aliphatic hydroxyl groups is 1. The van der Waals surface area contributed by atoms with Gasteiger partial charge in [-0.1, -0.05) is 47.6 Å². The van der Waals surface area contributed by atoms with Crippen molar-refractivity contribution < 1.29 is 34.0 Å². The van der Waals surface area contributed by atoms with Gasteiger partial charge in [0.05, 0.1) is 35.6 Å². The second-order valence-corrected chi connectivity index (χ2v) is 16.7. The molecular formula is C40H47N5O8S2. The second kappa shape index (κ2) is 17.0. The molecule has 5 heterocycles. The number of phenolic OH excluding ortho intramolecular Hbond substituents is 1. The van der Waals surface area contributed by atoms with E-state index in [9.17, 15) is 24.6 Å². The summed E-state index contributed by atoms with van der Waals surface area (Å²) >= 11 is 0. The number of likely N-dealkylation sites (N-methyl/N-ethyl adjacent to an activating group) is 1. The van der Waals surface area contributed by atoms with Crippen LogP contribution < -0.4 is 10.9 Å². The maximum absolute atomic E-state index is 14.0. The molecular weight excluding hydrogens is 743 g/mol. The zero-order chi connectivity index (χ0) is 38.7. The van der Waals surface area contributed by atoms with Gasteiger partial charge in [-0.3, -0.25) is 14.5 Å². The molecule has 3 N–H and O–H groups in total. The lowest BCUT2D eigenvalue weighted by Gasteiger charge is -2.37. The van der Waals surface area contributed by atoms with Gasteiger partial charge in [0.1, 0.15) is 12.4 Å². The fourth-order valence-electron chi connectivity index (χ4n) is 7.58. The van der Waals surface area contributed by atoms with Gasteiger partial charge in [0.25, 0.3) is 17.9 Å². The normalized spacial score (nSPS) is 18.8. The van der Waals surface area contributed by atoms with Gasteiger partial charge in [-0.25, -0.2) is 9.78 Å². The Hall–Kier alpha value is -3.96. The van der Waals surface area contributed by atoms with E-state index in [1.165, 1.54) is 16.4 Å². The van der Waals surface area contributed by atoms with Gasteiger partial charge in [-0.15, -0.1) is 0 Å². The molecule has 13 nitrogen and oxygen atoms in total. The minimum atomic E-state index is -1.77. The predicted molar refractivity (Wildman–Crippen MR) is 213 cm³/mol. The van der Waals surface area contributed by atoms with Crippen molar-refractivity contribution in [2.75, 3.05) is 57.9 Å². The summed E-state index contributed by atoms with van der Waals surface area (Å²) in [4.78, 5) is 49.7. The molecule has 0 radical (unpaired) electrons. The fraction of sp³-hybridized carbons (Fsp3) is 0.450. The smallest absolute Gasteiger partial charge is 0.343 e. The Bertz CT molecular complexity index is 2120. The Morgan fingerprint density at radius 3 is 2.55 bits per heavy atom. The molecule has 7 rings (SSSR count). The van der Waals surface area contributed by atoms with Crippen LogP contribution in [0.25, 0.3) is 22.3 Å². The van der Waals surface area contributed by atoms with Crippen molar-refractivity contribution in [1.82, 2.24) is 24.7 Å². The average Bonchev–Trinajstić information content (AvgIpc) is 3.55. The lowest BCUT2D eigenvalue weighted by Crippen LogP contribution is -2.48. The topological polar surface area (TPSA) is 156 Å². The molecule has 2 aromatic heterocycles. The fourth-order valence-corrected chi connectivity index (χ4v) is 9.32. The maximum Gasteiger partial charge on any atom is 0.343 e. The molecule has 0 saturated carbocycles. The maximum atomic E-state index is 14.0. The molecule has 1 saturated heterocycles. The Balaban J connectivity index is 0.910. The average molecular weight is 790 g/mol. The summed E-state index contributed by atoms with van der Waals surface area (Å²) in [5.41, 5.74) is 4.10. The van der Waals surface area contributed by atoms with Crippen molar-refractivity contribution >= 4 is 44.4 Å². The number of ether oxygens (including phenoxy) is 3. The molecule has 1 amide bonds. The van der Waals surface area contributed by atoms with Gasteiger partial charge in [0, 0.05) is 72.9 Å². The Labute approximate surface area is 327 Å². The van der Waals surface area contributed by atoms with E-state index < -0.39 is 18.0 Å². The first kappa shape index (κ1) is 39.3. The second-order valence-electron chi connectivity index (χ2n) is 14.0. The molecule has 0 aliphatic carbocycles. The number of hydrogen-bond donors (Lipinski definition) is 3. The number of piperazine rings is 1. The SMILES string of the molecule is CCc1c2c(nc3ccc(O)cc13)-c1cc3c(c(=O)n1C2)COC(=O)[C@@]3(CC)OC(O)OCCSSCCNC(=O)c1ccc(CN2CCN(C)CC2)cc1. The monoisotopic (exact) mass is 789 g/mol. The predicted octanol–water partition coefficient (Wildman–Crippen LogP) is 4.22. The standard InChI is InChI=1S/C40H47N5O8S2/c1-4-28-29-20-27(46)10-11-33(29)42-35-30(28)23-45-34(35)21-32-31(37(45)48)24-52-38(49)40(32,5-2)53-39(50)51-17-19-55-54-18-12-41-36(47)26-8-6-25(7-9-26)22-44-15-13-43(3)14-16-44/h6-11,20-21,39,46,50H,4-5,12-19,22-24H2,1-3H3,(H,41,47)/t39?,40-/m0/s1. The molecule has 292 valence electrons. The van der Waals surface area contributed by atoms with Crippen LogP contribution in [0.1, 0.15) is 58.4 Å². The number of nitrogens with one attached hydrogen (secondary N) is 1. The molecule has 1 fully saturated rings. The molecule has 3 aliphatic heterocycles. The lowest BCUT2D eigenvalue weighted by molar-refractivity contribution is -0.310. The third-order valence-corrected chi connectivity index (χ3v) is 13.0. The van der Waals surface area contributed by atoms with Gasteiger partial charge < -0.3 is 39.2 Å². The quantitative estimate of drug-likeness (QED) is 0.0601. The number of cyclic esters (lactones) is 1. The number of pyridine rings is 2. The van der Waals surface area contributed by atoms with E-state index in [2.05, 4.69) is 22.2 Å². The number of carbonyl (C=O) groups excluding carboxylic acids is 2. The Kier molecular flexibility index (Phi) is 12.2. The minimum Gasteiger partial charge on any atom is -0.508 e. The third-order valence-electron chi connectivity index (χ3n) is 10.6. The van der Waals surface area contributed by atoms with Crippen LogP contribution in [-0.4, -0.2) is 106 Å². The van der Waals surface area contributed by atoms with E-state index in [-0.39, 0.29) is 42.4 Å². The van der Waals surface area contributed by atoms with Gasteiger partial charge >= 0.3 is 5.97 Å². The summed E-state index contributed by atoms with van der Waals surface area (Å²) in [5, 5.41) is 24.8. The van der Waals surface area contributed by atoms with Crippen molar-refractivity contribution in [3.8, 4) is 17.1 Å². The van der Waals surface area contributed by atoms with Crippen molar-refractivity contribution in [3.05, 3.63) is 92.3 Å². The summed E-state index contributed by atoms with van der Waals surface area (Å²) in [7, 11) is 5.23. The highest BCUT2D eigenvalue weighted by Crippen LogP contribution is 2.42. The summed E-state index contributed by atoms with van der Waals surface area (Å²) in [6.45, 7) is 7.81. The molecule has 55 heavy (non-hydrogen) atoms. The van der Waals surface area contributed by atoms with Crippen molar-refractivity contribution in [1.29, 1.82) is 0 Å². The Morgan fingerprint density at radius 1 is 1.04 bits per heavy atom. The largest absolute Gasteiger partial charge is 0.508 e. The molecule has 2 aromatic carbocycles. The minimum absolute atomic E-state index is 0.0801. The number of rotatable bonds is 15. The summed E-state index contributed by atoms with van der Waals surface area (Å²) in [5.74, 6) is 0.505. The highest BCUT2D eigenvalue weighted by atomic mass is 33.1. The number of phenols is 1. The van der Waals surface area contributed by atoms with Gasteiger partial charge in [0.15, 0.2) is 5.60 Å². The molecule has 15 heteroatoms. The van der Waals surface area contributed by atoms with Crippen LogP contribution in [0.5, 0.6) is 5.75 Å². The van der Waals surface area contributed by atoms with E-state index in [0.717, 1.165) is 49.2 Å². The van der Waals surface area contributed by atoms with E-state index >= 15 is 0 Å². The van der Waals surface area contributed by atoms with Crippen LogP contribution in [0, 0.1) is 0 Å². The lowest BCUT2D eigenvalue weighted by atomic mass is 9.85. The zero-order valence-electron chi connectivity index (χ0n) is 31.3. The molecule has 1 unspecified atom stereocenters. The van der Waals surface area contributed by atoms with E-state index in [0.29, 0.717) is 59.0 Å². The van der Waals surface area contributed by atoms with E-state index in [1.54, 1.807) is 46.6 Å². The summed E-state index contributed by atoms with van der Waals surface area (Å²) in [6, 6.07) is 14.6. The highest BCUT2D eigenvalue weighted by molar-refractivity contribution is 8.76. The molecule has 0 spiro atoms. The first-order valence-corrected chi connectivity index (χ1v) is 21.2. The number of benzene rings is 2. The van der Waals surface area contributed by atoms with Crippen LogP contribution in [0.15, 0.2) is 53.3 Å². The number of aliphatic hydroxyl groups excluding tert-OH is 1. The number of esters is 1. The third kappa shape index (κ3) is 8.15. The Morgan fingerprint density at radius 2 is 1.80 bits per heavy atom. The van der Waals surface area contributed by atoms with Crippen LogP contribution in [0.3, 0.4) is 0 Å². The first-order valence-electron chi connectivity index (χ1n) is 18.7. The van der Waals surface area contributed by atoms with Crippen LogP contribution in [0.4, 0.5) is 0 Å². The van der Waals surface area contributed by atoms with Crippen LogP contribution in [0.2, 0.25) is 0 Å². The first-order chi connectivity index (χ1) is 26.6. The van der Waals surface area contributed by atoms with E-state index in [1.807, 2.05) is 31.2 Å². The molecule has 3 aliphatic rings. The number of amides is 1. The van der Waals surface area contributed by atoms with Crippen molar-refractivity contribution in [2.24, 2.45) is 0 Å². The molecule has 0 bridgehead atoms.